The molecule has 0 aliphatic carbocycles. The number of aliphatic hydroxyl groups excluding tert-OH is 2. The molecule has 0 aromatic carbocycles. The largest absolute Gasteiger partial charge is 0.394 e. The molecular weight excluding hydrogens is 216 g/mol. The van der Waals surface area contributed by atoms with Gasteiger partial charge in [0.05, 0.1) is 19.3 Å². The molecule has 3 atom stereocenters. The summed E-state index contributed by atoms with van der Waals surface area (Å²) in [5.74, 6) is 0. The predicted molar refractivity (Wildman–Crippen MR) is 53.2 cm³/mol. The minimum Gasteiger partial charge on any atom is -0.394 e. The first kappa shape index (κ1) is 11.1. The Morgan fingerprint density at radius 2 is 2.31 bits per heavy atom. The number of nitrogens with zero attached hydrogens (tertiary/aromatic N) is 1. The van der Waals surface area contributed by atoms with Gasteiger partial charge in [-0.05, 0) is 0 Å². The van der Waals surface area contributed by atoms with Crippen LogP contribution in [0.1, 0.15) is 6.04 Å². The van der Waals surface area contributed by atoms with E-state index in [1.165, 1.54) is 12.3 Å². The van der Waals surface area contributed by atoms with E-state index in [4.69, 9.17) is 9.84 Å². The first-order valence-corrected chi connectivity index (χ1v) is 4.86. The number of aliphatic hydroxyl groups is 2. The summed E-state index contributed by atoms with van der Waals surface area (Å²) in [6.07, 6.45) is -0.574. The van der Waals surface area contributed by atoms with Gasteiger partial charge >= 0.3 is 5.69 Å². The van der Waals surface area contributed by atoms with Crippen LogP contribution in [0.25, 0.3) is 0 Å². The maximum Gasteiger partial charge on any atom is 0.328 e. The molecule has 2 heterocycles. The number of hydrogen-bond donors (Lipinski definition) is 3. The van der Waals surface area contributed by atoms with Gasteiger partial charge in [0.2, 0.25) is 0 Å². The molecule has 16 heavy (non-hydrogen) atoms. The molecule has 1 aliphatic rings. The monoisotopic (exact) mass is 228 g/mol. The third-order valence-electron chi connectivity index (χ3n) is 2.66. The fourth-order valence-corrected chi connectivity index (χ4v) is 1.80. The van der Waals surface area contributed by atoms with Crippen LogP contribution in [-0.4, -0.2) is 45.2 Å². The highest BCUT2D eigenvalue weighted by Crippen LogP contribution is 2.22. The van der Waals surface area contributed by atoms with Crippen molar-refractivity contribution in [2.45, 2.75) is 18.2 Å². The van der Waals surface area contributed by atoms with Crippen LogP contribution in [-0.2, 0) is 4.74 Å². The van der Waals surface area contributed by atoms with Gasteiger partial charge in [-0.15, -0.1) is 0 Å². The molecule has 0 amide bonds. The first-order valence-electron chi connectivity index (χ1n) is 4.86. The number of hydrogen-bond acceptors (Lipinski definition) is 5. The average molecular weight is 228 g/mol. The molecule has 7 heteroatoms. The number of ether oxygens (including phenoxy) is 1. The van der Waals surface area contributed by atoms with Crippen molar-refractivity contribution in [1.29, 1.82) is 0 Å². The second kappa shape index (κ2) is 4.20. The lowest BCUT2D eigenvalue weighted by Gasteiger charge is -2.16. The van der Waals surface area contributed by atoms with Gasteiger partial charge in [-0.25, -0.2) is 4.79 Å². The van der Waals surface area contributed by atoms with Crippen LogP contribution in [0.3, 0.4) is 0 Å². The van der Waals surface area contributed by atoms with Crippen LogP contribution in [0.4, 0.5) is 0 Å². The molecule has 0 spiro atoms. The molecule has 0 bridgehead atoms. The molecule has 2 rings (SSSR count). The third kappa shape index (κ3) is 1.69. The summed E-state index contributed by atoms with van der Waals surface area (Å²) in [6.45, 7) is -0.323. The molecule has 1 fully saturated rings. The molecule has 88 valence electrons. The average Bonchev–Trinajstić information content (AvgIpc) is 2.60. The predicted octanol–water partition coefficient (Wildman–Crippen LogP) is -2.17. The Bertz CT molecular complexity index is 451. The number of rotatable bonds is 2. The Labute approximate surface area is 89.9 Å². The van der Waals surface area contributed by atoms with Gasteiger partial charge < -0.3 is 19.9 Å². The van der Waals surface area contributed by atoms with Crippen LogP contribution >= 0.6 is 0 Å². The Kier molecular flexibility index (Phi) is 2.90. The first-order chi connectivity index (χ1) is 7.65. The van der Waals surface area contributed by atoms with E-state index >= 15 is 0 Å². The molecule has 1 saturated heterocycles. The molecule has 1 aromatic rings. The zero-order chi connectivity index (χ0) is 11.7. The highest BCUT2D eigenvalue weighted by molar-refractivity contribution is 4.93. The molecule has 0 radical (unpaired) electrons. The molecule has 7 nitrogen and oxygen atoms in total. The third-order valence-corrected chi connectivity index (χ3v) is 2.66. The van der Waals surface area contributed by atoms with E-state index in [1.807, 2.05) is 0 Å². The highest BCUT2D eigenvalue weighted by atomic mass is 16.5. The smallest absolute Gasteiger partial charge is 0.328 e. The molecule has 3 N–H and O–H groups in total. The van der Waals surface area contributed by atoms with Crippen LogP contribution in [0.15, 0.2) is 21.9 Å². The van der Waals surface area contributed by atoms with E-state index in [2.05, 4.69) is 4.98 Å². The second-order valence-corrected chi connectivity index (χ2v) is 3.60. The van der Waals surface area contributed by atoms with Crippen molar-refractivity contribution in [2.24, 2.45) is 0 Å². The summed E-state index contributed by atoms with van der Waals surface area (Å²) in [5, 5.41) is 18.6. The van der Waals surface area contributed by atoms with Crippen LogP contribution in [0, 0.1) is 0 Å². The zero-order valence-electron chi connectivity index (χ0n) is 8.37. The van der Waals surface area contributed by atoms with E-state index in [1.54, 1.807) is 0 Å². The topological polar surface area (TPSA) is 105 Å². The molecule has 1 unspecified atom stereocenters. The standard InChI is InChI=1S/C9H12N2O5/c12-3-6-8(14)5(4-16-6)11-7(13)1-2-10-9(11)15/h1-2,5-6,8,12,14H,3-4H2,(H,10,15)/t5-,6-,8?/m1/s1. The number of nitrogens with one attached hydrogen (secondary N) is 1. The van der Waals surface area contributed by atoms with Gasteiger partial charge in [0.1, 0.15) is 12.2 Å². The minimum absolute atomic E-state index is 0.0272. The summed E-state index contributed by atoms with van der Waals surface area (Å²) >= 11 is 0. The highest BCUT2D eigenvalue weighted by Gasteiger charge is 2.37. The van der Waals surface area contributed by atoms with Crippen molar-refractivity contribution in [3.05, 3.63) is 33.1 Å². The van der Waals surface area contributed by atoms with Crippen molar-refractivity contribution >= 4 is 0 Å². The Morgan fingerprint density at radius 3 is 2.88 bits per heavy atom. The van der Waals surface area contributed by atoms with E-state index in [0.717, 1.165) is 4.57 Å². The van der Waals surface area contributed by atoms with Gasteiger partial charge in [0, 0.05) is 12.3 Å². The summed E-state index contributed by atoms with van der Waals surface area (Å²) in [5.41, 5.74) is -1.10. The summed E-state index contributed by atoms with van der Waals surface area (Å²) in [7, 11) is 0. The Morgan fingerprint density at radius 1 is 1.56 bits per heavy atom. The lowest BCUT2D eigenvalue weighted by Crippen LogP contribution is -2.42. The molecule has 1 aliphatic heterocycles. The van der Waals surface area contributed by atoms with Crippen LogP contribution in [0.2, 0.25) is 0 Å². The lowest BCUT2D eigenvalue weighted by molar-refractivity contribution is 0.00182. The van der Waals surface area contributed by atoms with E-state index < -0.39 is 29.5 Å². The number of aromatic nitrogens is 2. The van der Waals surface area contributed by atoms with Crippen molar-refractivity contribution < 1.29 is 14.9 Å². The van der Waals surface area contributed by atoms with E-state index in [0.29, 0.717) is 0 Å². The SMILES string of the molecule is O=c1cc[nH]c(=O)n1[C@@H]1CO[C@H](CO)C1O. The maximum absolute atomic E-state index is 11.5. The normalized spacial score (nSPS) is 29.5. The van der Waals surface area contributed by atoms with Gasteiger partial charge in [-0.3, -0.25) is 9.36 Å². The lowest BCUT2D eigenvalue weighted by atomic mass is 10.1. The Balaban J connectivity index is 2.40. The molecule has 0 saturated carbocycles. The summed E-state index contributed by atoms with van der Waals surface area (Å²) in [6, 6.07) is 0.440. The summed E-state index contributed by atoms with van der Waals surface area (Å²) < 4.78 is 5.98. The van der Waals surface area contributed by atoms with Crippen molar-refractivity contribution in [2.75, 3.05) is 13.2 Å². The van der Waals surface area contributed by atoms with Crippen LogP contribution in [0.5, 0.6) is 0 Å². The summed E-state index contributed by atoms with van der Waals surface area (Å²) in [4.78, 5) is 25.3. The maximum atomic E-state index is 11.5. The number of H-pyrrole nitrogens is 1. The van der Waals surface area contributed by atoms with Crippen molar-refractivity contribution in [1.82, 2.24) is 9.55 Å². The minimum atomic E-state index is -1.06. The van der Waals surface area contributed by atoms with E-state index in [9.17, 15) is 14.7 Å². The van der Waals surface area contributed by atoms with Gasteiger partial charge in [-0.1, -0.05) is 0 Å². The Hall–Kier alpha value is -1.44. The number of aromatic amines is 1. The van der Waals surface area contributed by atoms with Crippen molar-refractivity contribution in [3.8, 4) is 0 Å². The molecular formula is C9H12N2O5. The fourth-order valence-electron chi connectivity index (χ4n) is 1.80. The zero-order valence-corrected chi connectivity index (χ0v) is 8.37. The van der Waals surface area contributed by atoms with Gasteiger partial charge in [0.25, 0.3) is 5.56 Å². The van der Waals surface area contributed by atoms with Gasteiger partial charge in [0.15, 0.2) is 0 Å². The second-order valence-electron chi connectivity index (χ2n) is 3.60. The van der Waals surface area contributed by atoms with E-state index in [-0.39, 0.29) is 13.2 Å². The van der Waals surface area contributed by atoms with Crippen LogP contribution < -0.4 is 11.2 Å². The molecule has 1 aromatic heterocycles. The fraction of sp³-hybridized carbons (Fsp3) is 0.556. The van der Waals surface area contributed by atoms with Gasteiger partial charge in [-0.2, -0.15) is 0 Å². The van der Waals surface area contributed by atoms with Crippen molar-refractivity contribution in [3.63, 3.8) is 0 Å². The quantitative estimate of drug-likeness (QED) is 0.534.